The number of nitrogens with zero attached hydrogens (tertiary/aromatic N) is 1. The number of benzene rings is 1. The molecule has 5 heteroatoms. The summed E-state index contributed by atoms with van der Waals surface area (Å²) in [6, 6.07) is 5.32. The fourth-order valence-corrected chi connectivity index (χ4v) is 3.05. The molecule has 1 aromatic carbocycles. The number of ether oxygens (including phenoxy) is 1. The molecule has 0 aliphatic carbocycles. The summed E-state index contributed by atoms with van der Waals surface area (Å²) in [6.45, 7) is 5.55. The van der Waals surface area contributed by atoms with Gasteiger partial charge in [-0.2, -0.15) is 0 Å². The third-order valence-electron chi connectivity index (χ3n) is 4.03. The highest BCUT2D eigenvalue weighted by atomic mass is 79.9. The zero-order valence-electron chi connectivity index (χ0n) is 12.6. The van der Waals surface area contributed by atoms with E-state index >= 15 is 0 Å². The second-order valence-electron chi connectivity index (χ2n) is 5.65. The lowest BCUT2D eigenvalue weighted by Crippen LogP contribution is -2.37. The van der Waals surface area contributed by atoms with Crippen LogP contribution in [0.5, 0.6) is 0 Å². The molecule has 2 rings (SSSR count). The number of rotatable bonds is 7. The van der Waals surface area contributed by atoms with Crippen molar-refractivity contribution in [2.75, 3.05) is 39.9 Å². The van der Waals surface area contributed by atoms with Gasteiger partial charge in [0.2, 0.25) is 0 Å². The van der Waals surface area contributed by atoms with Crippen molar-refractivity contribution in [2.24, 2.45) is 5.92 Å². The Labute approximate surface area is 135 Å². The van der Waals surface area contributed by atoms with Crippen molar-refractivity contribution in [3.8, 4) is 0 Å². The second-order valence-corrected chi connectivity index (χ2v) is 6.57. The first-order valence-corrected chi connectivity index (χ1v) is 8.34. The number of likely N-dealkylation sites (tertiary alicyclic amines) is 1. The Bertz CT molecular complexity index is 436. The van der Waals surface area contributed by atoms with Crippen molar-refractivity contribution in [2.45, 2.75) is 19.4 Å². The average molecular weight is 359 g/mol. The van der Waals surface area contributed by atoms with Crippen LogP contribution in [0.3, 0.4) is 0 Å². The van der Waals surface area contributed by atoms with Gasteiger partial charge in [-0.05, 0) is 50.5 Å². The van der Waals surface area contributed by atoms with E-state index in [0.717, 1.165) is 48.7 Å². The molecule has 0 aromatic heterocycles. The van der Waals surface area contributed by atoms with Gasteiger partial charge in [-0.1, -0.05) is 22.0 Å². The zero-order valence-corrected chi connectivity index (χ0v) is 14.2. The first-order valence-electron chi connectivity index (χ1n) is 7.55. The van der Waals surface area contributed by atoms with Crippen molar-refractivity contribution in [1.29, 1.82) is 0 Å². The minimum absolute atomic E-state index is 0.118. The molecule has 1 fully saturated rings. The predicted molar refractivity (Wildman–Crippen MR) is 86.8 cm³/mol. The second kappa shape index (κ2) is 8.83. The Morgan fingerprint density at radius 3 is 2.81 bits per heavy atom. The lowest BCUT2D eigenvalue weighted by molar-refractivity contribution is 0.167. The van der Waals surface area contributed by atoms with Crippen molar-refractivity contribution in [3.63, 3.8) is 0 Å². The monoisotopic (exact) mass is 358 g/mol. The van der Waals surface area contributed by atoms with E-state index in [0.29, 0.717) is 6.54 Å². The molecule has 0 atom stereocenters. The molecular formula is C16H24BrFN2O. The summed E-state index contributed by atoms with van der Waals surface area (Å²) in [5, 5.41) is 3.43. The predicted octanol–water partition coefficient (Wildman–Crippen LogP) is 3.04. The van der Waals surface area contributed by atoms with Gasteiger partial charge in [-0.25, -0.2) is 4.39 Å². The lowest BCUT2D eigenvalue weighted by atomic mass is 9.96. The van der Waals surface area contributed by atoms with Gasteiger partial charge in [0, 0.05) is 30.2 Å². The SMILES string of the molecule is COCCNCC1CCN(Cc2ccc(Br)cc2F)CC1. The van der Waals surface area contributed by atoms with Gasteiger partial charge in [0.05, 0.1) is 6.61 Å². The van der Waals surface area contributed by atoms with Crippen LogP contribution in [0.25, 0.3) is 0 Å². The Morgan fingerprint density at radius 2 is 2.14 bits per heavy atom. The highest BCUT2D eigenvalue weighted by Gasteiger charge is 2.19. The normalized spacial score (nSPS) is 17.3. The summed E-state index contributed by atoms with van der Waals surface area (Å²) in [5.41, 5.74) is 0.787. The quantitative estimate of drug-likeness (QED) is 0.758. The number of hydrogen-bond donors (Lipinski definition) is 1. The topological polar surface area (TPSA) is 24.5 Å². The Hall–Kier alpha value is -0.490. The number of piperidine rings is 1. The first kappa shape index (κ1) is 16.9. The van der Waals surface area contributed by atoms with Crippen LogP contribution in [0.15, 0.2) is 22.7 Å². The van der Waals surface area contributed by atoms with Crippen LogP contribution in [-0.4, -0.2) is 44.8 Å². The molecule has 118 valence electrons. The Balaban J connectivity index is 1.71. The Kier molecular flexibility index (Phi) is 7.10. The van der Waals surface area contributed by atoms with Gasteiger partial charge in [-0.3, -0.25) is 4.90 Å². The van der Waals surface area contributed by atoms with Gasteiger partial charge >= 0.3 is 0 Å². The van der Waals surface area contributed by atoms with E-state index in [1.165, 1.54) is 12.8 Å². The van der Waals surface area contributed by atoms with Crippen LogP contribution in [0.2, 0.25) is 0 Å². The van der Waals surface area contributed by atoms with Crippen LogP contribution in [0.4, 0.5) is 4.39 Å². The molecule has 1 aliphatic heterocycles. The van der Waals surface area contributed by atoms with E-state index in [2.05, 4.69) is 26.1 Å². The first-order chi connectivity index (χ1) is 10.2. The molecule has 1 aliphatic rings. The molecule has 0 bridgehead atoms. The van der Waals surface area contributed by atoms with Crippen molar-refractivity contribution in [1.82, 2.24) is 10.2 Å². The summed E-state index contributed by atoms with van der Waals surface area (Å²) in [5.74, 6) is 0.612. The van der Waals surface area contributed by atoms with Crippen LogP contribution < -0.4 is 5.32 Å². The summed E-state index contributed by atoms with van der Waals surface area (Å²) in [6.07, 6.45) is 2.36. The maximum atomic E-state index is 13.8. The van der Waals surface area contributed by atoms with Crippen LogP contribution in [0.1, 0.15) is 18.4 Å². The number of hydrogen-bond acceptors (Lipinski definition) is 3. The minimum atomic E-state index is -0.118. The number of methoxy groups -OCH3 is 1. The van der Waals surface area contributed by atoms with Gasteiger partial charge < -0.3 is 10.1 Å². The van der Waals surface area contributed by atoms with Gasteiger partial charge in [0.1, 0.15) is 5.82 Å². The largest absolute Gasteiger partial charge is 0.383 e. The van der Waals surface area contributed by atoms with Crippen molar-refractivity contribution in [3.05, 3.63) is 34.1 Å². The van der Waals surface area contributed by atoms with Gasteiger partial charge in [0.25, 0.3) is 0 Å². The summed E-state index contributed by atoms with van der Waals surface area (Å²) >= 11 is 3.29. The third-order valence-corrected chi connectivity index (χ3v) is 4.53. The summed E-state index contributed by atoms with van der Waals surface area (Å²) in [4.78, 5) is 2.35. The molecule has 0 saturated carbocycles. The zero-order chi connectivity index (χ0) is 15.1. The molecule has 0 unspecified atom stereocenters. The maximum absolute atomic E-state index is 13.8. The standard InChI is InChI=1S/C16H24BrFN2O/c1-21-9-6-19-11-13-4-7-20(8-5-13)12-14-2-3-15(17)10-16(14)18/h2-3,10,13,19H,4-9,11-12H2,1H3. The molecule has 3 nitrogen and oxygen atoms in total. The molecular weight excluding hydrogens is 335 g/mol. The van der Waals surface area contributed by atoms with Crippen LogP contribution in [0, 0.1) is 11.7 Å². The van der Waals surface area contributed by atoms with E-state index in [9.17, 15) is 4.39 Å². The molecule has 1 aromatic rings. The molecule has 0 radical (unpaired) electrons. The molecule has 1 N–H and O–H groups in total. The summed E-state index contributed by atoms with van der Waals surface area (Å²) < 4.78 is 19.7. The van der Waals surface area contributed by atoms with E-state index < -0.39 is 0 Å². The third kappa shape index (κ3) is 5.66. The summed E-state index contributed by atoms with van der Waals surface area (Å²) in [7, 11) is 1.72. The van der Waals surface area contributed by atoms with E-state index in [-0.39, 0.29) is 5.82 Å². The fourth-order valence-electron chi connectivity index (χ4n) is 2.72. The fraction of sp³-hybridized carbons (Fsp3) is 0.625. The highest BCUT2D eigenvalue weighted by Crippen LogP contribution is 2.21. The molecule has 0 amide bonds. The molecule has 0 spiro atoms. The van der Waals surface area contributed by atoms with E-state index in [1.54, 1.807) is 13.2 Å². The minimum Gasteiger partial charge on any atom is -0.383 e. The smallest absolute Gasteiger partial charge is 0.128 e. The average Bonchev–Trinajstić information content (AvgIpc) is 2.48. The Morgan fingerprint density at radius 1 is 1.38 bits per heavy atom. The number of halogens is 2. The highest BCUT2D eigenvalue weighted by molar-refractivity contribution is 9.10. The van der Waals surface area contributed by atoms with Crippen molar-refractivity contribution < 1.29 is 9.13 Å². The van der Waals surface area contributed by atoms with Crippen molar-refractivity contribution >= 4 is 15.9 Å². The molecule has 1 heterocycles. The molecule has 21 heavy (non-hydrogen) atoms. The lowest BCUT2D eigenvalue weighted by Gasteiger charge is -2.32. The number of nitrogens with one attached hydrogen (secondary N) is 1. The maximum Gasteiger partial charge on any atom is 0.128 e. The van der Waals surface area contributed by atoms with Gasteiger partial charge in [-0.15, -0.1) is 0 Å². The van der Waals surface area contributed by atoms with Crippen LogP contribution >= 0.6 is 15.9 Å². The van der Waals surface area contributed by atoms with Gasteiger partial charge in [0.15, 0.2) is 0 Å². The van der Waals surface area contributed by atoms with Crippen LogP contribution in [-0.2, 0) is 11.3 Å². The van der Waals surface area contributed by atoms with E-state index in [1.807, 2.05) is 12.1 Å². The molecule has 1 saturated heterocycles. The van der Waals surface area contributed by atoms with E-state index in [4.69, 9.17) is 4.74 Å².